The van der Waals surface area contributed by atoms with E-state index in [0.717, 1.165) is 31.2 Å². The first kappa shape index (κ1) is 13.0. The first-order valence-corrected chi connectivity index (χ1v) is 7.61. The Morgan fingerprint density at radius 3 is 2.79 bits per heavy atom. The standard InChI is InChI=1S/C14H21ClN4/c1-2-7-16-13-17-8-11(15)12(19-13)18-9-14(5-6-14)10-3-4-10/h8,10H,2-7,9H2,1H3,(H2,16,17,18,19). The van der Waals surface area contributed by atoms with Gasteiger partial charge in [0.15, 0.2) is 5.82 Å². The molecule has 2 aliphatic rings. The normalized spacial score (nSPS) is 20.1. The largest absolute Gasteiger partial charge is 0.368 e. The molecule has 1 heterocycles. The first-order chi connectivity index (χ1) is 9.23. The van der Waals surface area contributed by atoms with Crippen molar-refractivity contribution < 1.29 is 0 Å². The Kier molecular flexibility index (Phi) is 3.52. The molecule has 1 aromatic heterocycles. The van der Waals surface area contributed by atoms with Crippen LogP contribution in [0.1, 0.15) is 39.0 Å². The van der Waals surface area contributed by atoms with Gasteiger partial charge in [-0.15, -0.1) is 0 Å². The highest BCUT2D eigenvalue weighted by Crippen LogP contribution is 2.61. The minimum Gasteiger partial charge on any atom is -0.368 e. The third-order valence-corrected chi connectivity index (χ3v) is 4.50. The molecule has 1 aromatic rings. The maximum atomic E-state index is 6.16. The van der Waals surface area contributed by atoms with Crippen molar-refractivity contribution in [2.24, 2.45) is 11.3 Å². The Labute approximate surface area is 119 Å². The van der Waals surface area contributed by atoms with Gasteiger partial charge in [0, 0.05) is 13.1 Å². The lowest BCUT2D eigenvalue weighted by Crippen LogP contribution is -2.18. The fourth-order valence-corrected chi connectivity index (χ4v) is 2.82. The van der Waals surface area contributed by atoms with Crippen LogP contribution in [0.15, 0.2) is 6.20 Å². The molecule has 0 aromatic carbocycles. The van der Waals surface area contributed by atoms with Crippen LogP contribution in [0.2, 0.25) is 5.02 Å². The SMILES string of the molecule is CCCNc1ncc(Cl)c(NCC2(C3CC3)CC2)n1. The molecule has 0 unspecified atom stereocenters. The molecule has 5 heteroatoms. The average Bonchev–Trinajstić information content (AvgIpc) is 3.28. The van der Waals surface area contributed by atoms with E-state index in [1.54, 1.807) is 6.20 Å². The van der Waals surface area contributed by atoms with E-state index in [0.29, 0.717) is 16.4 Å². The quantitative estimate of drug-likeness (QED) is 0.802. The molecule has 0 saturated heterocycles. The van der Waals surface area contributed by atoms with Gasteiger partial charge in [0.1, 0.15) is 5.02 Å². The number of aromatic nitrogens is 2. The predicted octanol–water partition coefficient (Wildman–Crippen LogP) is 3.55. The molecule has 4 nitrogen and oxygen atoms in total. The fourth-order valence-electron chi connectivity index (χ4n) is 2.66. The summed E-state index contributed by atoms with van der Waals surface area (Å²) >= 11 is 6.16. The molecule has 2 aliphatic carbocycles. The maximum absolute atomic E-state index is 6.16. The maximum Gasteiger partial charge on any atom is 0.224 e. The zero-order valence-corrected chi connectivity index (χ0v) is 12.1. The van der Waals surface area contributed by atoms with Gasteiger partial charge in [-0.05, 0) is 43.4 Å². The molecule has 2 fully saturated rings. The highest BCUT2D eigenvalue weighted by atomic mass is 35.5. The van der Waals surface area contributed by atoms with Gasteiger partial charge in [-0.25, -0.2) is 4.98 Å². The molecular formula is C14H21ClN4. The molecule has 19 heavy (non-hydrogen) atoms. The van der Waals surface area contributed by atoms with E-state index in [9.17, 15) is 0 Å². The highest BCUT2D eigenvalue weighted by Gasteiger charge is 2.53. The molecule has 0 radical (unpaired) electrons. The number of nitrogens with one attached hydrogen (secondary N) is 2. The smallest absolute Gasteiger partial charge is 0.224 e. The molecule has 0 aliphatic heterocycles. The second kappa shape index (κ2) is 5.16. The van der Waals surface area contributed by atoms with Crippen LogP contribution in [0.5, 0.6) is 0 Å². The summed E-state index contributed by atoms with van der Waals surface area (Å²) in [6, 6.07) is 0. The van der Waals surface area contributed by atoms with Crippen LogP contribution in [0.3, 0.4) is 0 Å². The van der Waals surface area contributed by atoms with Crippen molar-refractivity contribution in [1.29, 1.82) is 0 Å². The molecule has 0 amide bonds. The summed E-state index contributed by atoms with van der Waals surface area (Å²) in [7, 11) is 0. The summed E-state index contributed by atoms with van der Waals surface area (Å²) < 4.78 is 0. The average molecular weight is 281 g/mol. The van der Waals surface area contributed by atoms with Gasteiger partial charge in [0.05, 0.1) is 6.20 Å². The van der Waals surface area contributed by atoms with Crippen molar-refractivity contribution >= 4 is 23.4 Å². The summed E-state index contributed by atoms with van der Waals surface area (Å²) in [4.78, 5) is 8.64. The third-order valence-electron chi connectivity index (χ3n) is 4.22. The number of hydrogen-bond acceptors (Lipinski definition) is 4. The monoisotopic (exact) mass is 280 g/mol. The van der Waals surface area contributed by atoms with Gasteiger partial charge in [-0.3, -0.25) is 0 Å². The summed E-state index contributed by atoms with van der Waals surface area (Å²) in [5.41, 5.74) is 0.547. The number of halogens is 1. The molecule has 2 saturated carbocycles. The highest BCUT2D eigenvalue weighted by molar-refractivity contribution is 6.32. The van der Waals surface area contributed by atoms with E-state index < -0.39 is 0 Å². The molecule has 104 valence electrons. The summed E-state index contributed by atoms with van der Waals surface area (Å²) in [5, 5.41) is 7.22. The van der Waals surface area contributed by atoms with Crippen LogP contribution in [-0.4, -0.2) is 23.1 Å². The van der Waals surface area contributed by atoms with Gasteiger partial charge < -0.3 is 10.6 Å². The van der Waals surface area contributed by atoms with Gasteiger partial charge in [-0.1, -0.05) is 18.5 Å². The van der Waals surface area contributed by atoms with E-state index in [4.69, 9.17) is 11.6 Å². The second-order valence-electron chi connectivity index (χ2n) is 5.81. The number of rotatable bonds is 7. The lowest BCUT2D eigenvalue weighted by molar-refractivity contribution is 0.466. The predicted molar refractivity (Wildman–Crippen MR) is 78.7 cm³/mol. The van der Waals surface area contributed by atoms with E-state index in [2.05, 4.69) is 27.5 Å². The van der Waals surface area contributed by atoms with Crippen LogP contribution < -0.4 is 10.6 Å². The number of hydrogen-bond donors (Lipinski definition) is 2. The van der Waals surface area contributed by atoms with E-state index >= 15 is 0 Å². The van der Waals surface area contributed by atoms with Crippen molar-refractivity contribution in [2.75, 3.05) is 23.7 Å². The molecule has 0 spiro atoms. The Morgan fingerprint density at radius 1 is 1.37 bits per heavy atom. The van der Waals surface area contributed by atoms with Crippen molar-refractivity contribution in [1.82, 2.24) is 9.97 Å². The summed E-state index contributed by atoms with van der Waals surface area (Å²) in [5.74, 6) is 2.37. The van der Waals surface area contributed by atoms with E-state index in [1.807, 2.05) is 0 Å². The van der Waals surface area contributed by atoms with E-state index in [1.165, 1.54) is 25.7 Å². The lowest BCUT2D eigenvalue weighted by Gasteiger charge is -2.16. The molecule has 0 bridgehead atoms. The van der Waals surface area contributed by atoms with Gasteiger partial charge in [-0.2, -0.15) is 4.98 Å². The van der Waals surface area contributed by atoms with E-state index in [-0.39, 0.29) is 0 Å². The van der Waals surface area contributed by atoms with Crippen LogP contribution in [0.4, 0.5) is 11.8 Å². The second-order valence-corrected chi connectivity index (χ2v) is 6.21. The Morgan fingerprint density at radius 2 is 2.16 bits per heavy atom. The number of nitrogens with zero attached hydrogens (tertiary/aromatic N) is 2. The first-order valence-electron chi connectivity index (χ1n) is 7.24. The molecule has 3 rings (SSSR count). The Balaban J connectivity index is 1.62. The molecular weight excluding hydrogens is 260 g/mol. The zero-order valence-electron chi connectivity index (χ0n) is 11.4. The van der Waals surface area contributed by atoms with Gasteiger partial charge in [0.25, 0.3) is 0 Å². The Bertz CT molecular complexity index is 455. The lowest BCUT2D eigenvalue weighted by atomic mass is 10.0. The van der Waals surface area contributed by atoms with Crippen LogP contribution in [0.25, 0.3) is 0 Å². The van der Waals surface area contributed by atoms with Crippen molar-refractivity contribution in [3.05, 3.63) is 11.2 Å². The Hall–Kier alpha value is -1.03. The molecule has 0 atom stereocenters. The fraction of sp³-hybridized carbons (Fsp3) is 0.714. The summed E-state index contributed by atoms with van der Waals surface area (Å²) in [6.45, 7) is 4.00. The van der Waals surface area contributed by atoms with Crippen LogP contribution in [0, 0.1) is 11.3 Å². The van der Waals surface area contributed by atoms with Crippen molar-refractivity contribution in [3.8, 4) is 0 Å². The van der Waals surface area contributed by atoms with Crippen molar-refractivity contribution in [3.63, 3.8) is 0 Å². The van der Waals surface area contributed by atoms with Gasteiger partial charge in [0.2, 0.25) is 5.95 Å². The molecule has 2 N–H and O–H groups in total. The van der Waals surface area contributed by atoms with Crippen LogP contribution in [-0.2, 0) is 0 Å². The number of anilines is 2. The zero-order chi connectivity index (χ0) is 13.3. The van der Waals surface area contributed by atoms with Gasteiger partial charge >= 0.3 is 0 Å². The minimum absolute atomic E-state index is 0.547. The minimum atomic E-state index is 0.547. The third kappa shape index (κ3) is 2.94. The van der Waals surface area contributed by atoms with Crippen molar-refractivity contribution in [2.45, 2.75) is 39.0 Å². The topological polar surface area (TPSA) is 49.8 Å². The van der Waals surface area contributed by atoms with Crippen LogP contribution >= 0.6 is 11.6 Å². The summed E-state index contributed by atoms with van der Waals surface area (Å²) in [6.07, 6.45) is 8.25.